The summed E-state index contributed by atoms with van der Waals surface area (Å²) in [5.74, 6) is -0.0975. The minimum Gasteiger partial charge on any atom is -0.507 e. The largest absolute Gasteiger partial charge is 0.507 e. The minimum absolute atomic E-state index is 0.0911. The zero-order chi connectivity index (χ0) is 14.5. The summed E-state index contributed by atoms with van der Waals surface area (Å²) in [4.78, 5) is 13.8. The van der Waals surface area contributed by atoms with E-state index in [1.807, 2.05) is 28.7 Å². The van der Waals surface area contributed by atoms with Crippen molar-refractivity contribution in [1.29, 1.82) is 5.26 Å². The molecule has 0 spiro atoms. The first-order valence-electron chi connectivity index (χ1n) is 6.09. The maximum absolute atomic E-state index is 12.2. The molecule has 0 bridgehead atoms. The molecule has 0 aliphatic carbocycles. The Morgan fingerprint density at radius 2 is 2.15 bits per heavy atom. The molecule has 1 saturated heterocycles. The van der Waals surface area contributed by atoms with Crippen molar-refractivity contribution in [3.8, 4) is 11.8 Å². The van der Waals surface area contributed by atoms with Crippen molar-refractivity contribution < 1.29 is 14.6 Å². The van der Waals surface area contributed by atoms with Gasteiger partial charge in [-0.3, -0.25) is 4.79 Å². The number of carbonyl (C=O) groups is 1. The van der Waals surface area contributed by atoms with E-state index in [2.05, 4.69) is 0 Å². The summed E-state index contributed by atoms with van der Waals surface area (Å²) in [6.07, 6.45) is 1.54. The number of rotatable bonds is 2. The predicted octanol–water partition coefficient (Wildman–Crippen LogP) is 1.76. The number of halogens is 1. The van der Waals surface area contributed by atoms with Gasteiger partial charge in [0.15, 0.2) is 0 Å². The van der Waals surface area contributed by atoms with E-state index >= 15 is 0 Å². The van der Waals surface area contributed by atoms with Crippen molar-refractivity contribution in [2.75, 3.05) is 26.3 Å². The monoisotopic (exact) mass is 384 g/mol. The summed E-state index contributed by atoms with van der Waals surface area (Å²) in [6, 6.07) is 6.88. The number of phenolic OH excluding ortho intramolecular Hbond substituents is 1. The van der Waals surface area contributed by atoms with Gasteiger partial charge in [-0.25, -0.2) is 0 Å². The van der Waals surface area contributed by atoms with Crippen LogP contribution in [0.15, 0.2) is 23.8 Å². The molecule has 0 aromatic heterocycles. The fraction of sp³-hybridized carbons (Fsp3) is 0.286. The highest BCUT2D eigenvalue weighted by Crippen LogP contribution is 2.22. The van der Waals surface area contributed by atoms with Crippen LogP contribution in [0.3, 0.4) is 0 Å². The van der Waals surface area contributed by atoms with Crippen molar-refractivity contribution in [3.63, 3.8) is 0 Å². The predicted molar refractivity (Wildman–Crippen MR) is 81.8 cm³/mol. The van der Waals surface area contributed by atoms with Crippen LogP contribution in [0.4, 0.5) is 0 Å². The van der Waals surface area contributed by atoms with Crippen molar-refractivity contribution >= 4 is 34.6 Å². The number of carbonyl (C=O) groups excluding carboxylic acids is 1. The van der Waals surface area contributed by atoms with Crippen LogP contribution in [0.5, 0.6) is 5.75 Å². The molecule has 1 aromatic rings. The molecule has 0 atom stereocenters. The average molecular weight is 384 g/mol. The Hall–Kier alpha value is -1.59. The maximum atomic E-state index is 12.2. The summed E-state index contributed by atoms with van der Waals surface area (Å²) in [5, 5.41) is 18.6. The zero-order valence-electron chi connectivity index (χ0n) is 10.7. The molecule has 6 heteroatoms. The molecule has 5 nitrogen and oxygen atoms in total. The molecule has 2 rings (SSSR count). The number of morpholine rings is 1. The highest BCUT2D eigenvalue weighted by Gasteiger charge is 2.20. The van der Waals surface area contributed by atoms with Gasteiger partial charge >= 0.3 is 0 Å². The van der Waals surface area contributed by atoms with Crippen LogP contribution in [-0.4, -0.2) is 42.2 Å². The SMILES string of the molecule is N#C/C(=C\c1ccc(O)c(I)c1)C(=O)N1CCOCC1. The Morgan fingerprint density at radius 1 is 1.45 bits per heavy atom. The van der Waals surface area contributed by atoms with Gasteiger partial charge < -0.3 is 14.7 Å². The molecule has 1 aliphatic rings. The first-order chi connectivity index (χ1) is 9.61. The average Bonchev–Trinajstić information content (AvgIpc) is 2.48. The van der Waals surface area contributed by atoms with Crippen molar-refractivity contribution in [1.82, 2.24) is 4.90 Å². The molecule has 0 radical (unpaired) electrons. The number of nitrogens with zero attached hydrogens (tertiary/aromatic N) is 2. The molecule has 1 aromatic carbocycles. The van der Waals surface area contributed by atoms with Crippen molar-refractivity contribution in [2.45, 2.75) is 0 Å². The molecule has 1 amide bonds. The van der Waals surface area contributed by atoms with Crippen LogP contribution in [0.1, 0.15) is 5.56 Å². The van der Waals surface area contributed by atoms with Crippen LogP contribution in [0, 0.1) is 14.9 Å². The fourth-order valence-electron chi connectivity index (χ4n) is 1.86. The molecule has 0 saturated carbocycles. The van der Waals surface area contributed by atoms with Crippen LogP contribution in [0.2, 0.25) is 0 Å². The van der Waals surface area contributed by atoms with E-state index in [4.69, 9.17) is 10.00 Å². The number of hydrogen-bond acceptors (Lipinski definition) is 4. The Kier molecular flexibility index (Phi) is 4.98. The summed E-state index contributed by atoms with van der Waals surface area (Å²) < 4.78 is 5.86. The normalized spacial score (nSPS) is 15.8. The van der Waals surface area contributed by atoms with Crippen LogP contribution in [-0.2, 0) is 9.53 Å². The van der Waals surface area contributed by atoms with Gasteiger partial charge in [-0.1, -0.05) is 6.07 Å². The number of aromatic hydroxyl groups is 1. The third-order valence-electron chi connectivity index (χ3n) is 2.93. The van der Waals surface area contributed by atoms with Crippen LogP contribution in [0.25, 0.3) is 6.08 Å². The van der Waals surface area contributed by atoms with E-state index in [-0.39, 0.29) is 17.2 Å². The van der Waals surface area contributed by atoms with Gasteiger partial charge in [-0.15, -0.1) is 0 Å². The topological polar surface area (TPSA) is 73.6 Å². The third-order valence-corrected chi connectivity index (χ3v) is 3.80. The van der Waals surface area contributed by atoms with E-state index in [0.29, 0.717) is 35.4 Å². The van der Waals surface area contributed by atoms with Gasteiger partial charge in [0, 0.05) is 13.1 Å². The van der Waals surface area contributed by atoms with Crippen molar-refractivity contribution in [2.24, 2.45) is 0 Å². The number of nitriles is 1. The summed E-state index contributed by atoms with van der Waals surface area (Å²) in [5.41, 5.74) is 0.804. The Labute approximate surface area is 130 Å². The third kappa shape index (κ3) is 3.49. The molecular weight excluding hydrogens is 371 g/mol. The van der Waals surface area contributed by atoms with Crippen molar-refractivity contribution in [3.05, 3.63) is 32.9 Å². The second-order valence-electron chi connectivity index (χ2n) is 4.29. The fourth-order valence-corrected chi connectivity index (χ4v) is 2.40. The van der Waals surface area contributed by atoms with Gasteiger partial charge in [0.1, 0.15) is 17.4 Å². The Bertz CT molecular complexity index is 587. The lowest BCUT2D eigenvalue weighted by molar-refractivity contribution is -0.130. The van der Waals surface area contributed by atoms with E-state index in [1.165, 1.54) is 0 Å². The molecule has 104 valence electrons. The minimum atomic E-state index is -0.279. The van der Waals surface area contributed by atoms with Crippen LogP contribution < -0.4 is 0 Å². The standard InChI is InChI=1S/C14H13IN2O3/c15-12-8-10(1-2-13(12)18)7-11(9-16)14(19)17-3-5-20-6-4-17/h1-2,7-8,18H,3-6H2/b11-7+. The number of ether oxygens (including phenoxy) is 1. The number of amides is 1. The smallest absolute Gasteiger partial charge is 0.264 e. The first kappa shape index (κ1) is 14.8. The Morgan fingerprint density at radius 3 is 2.75 bits per heavy atom. The highest BCUT2D eigenvalue weighted by molar-refractivity contribution is 14.1. The van der Waals surface area contributed by atoms with Gasteiger partial charge in [0.2, 0.25) is 0 Å². The van der Waals surface area contributed by atoms with E-state index in [9.17, 15) is 9.90 Å². The van der Waals surface area contributed by atoms with Crippen LogP contribution >= 0.6 is 22.6 Å². The van der Waals surface area contributed by atoms with E-state index < -0.39 is 0 Å². The molecule has 1 fully saturated rings. The van der Waals surface area contributed by atoms with Gasteiger partial charge in [-0.2, -0.15) is 5.26 Å². The lowest BCUT2D eigenvalue weighted by Crippen LogP contribution is -2.41. The van der Waals surface area contributed by atoms with E-state index in [0.717, 1.165) is 0 Å². The number of phenols is 1. The molecule has 20 heavy (non-hydrogen) atoms. The quantitative estimate of drug-likeness (QED) is 0.479. The van der Waals surface area contributed by atoms with Gasteiger partial charge in [0.05, 0.1) is 16.8 Å². The molecule has 1 heterocycles. The molecule has 1 N–H and O–H groups in total. The van der Waals surface area contributed by atoms with Gasteiger partial charge in [0.25, 0.3) is 5.91 Å². The first-order valence-corrected chi connectivity index (χ1v) is 7.17. The number of hydrogen-bond donors (Lipinski definition) is 1. The van der Waals surface area contributed by atoms with E-state index in [1.54, 1.807) is 29.2 Å². The zero-order valence-corrected chi connectivity index (χ0v) is 12.8. The Balaban J connectivity index is 2.22. The lowest BCUT2D eigenvalue weighted by Gasteiger charge is -2.26. The number of benzene rings is 1. The molecular formula is C14H13IN2O3. The summed E-state index contributed by atoms with van der Waals surface area (Å²) in [7, 11) is 0. The summed E-state index contributed by atoms with van der Waals surface area (Å²) >= 11 is 2.00. The van der Waals surface area contributed by atoms with Gasteiger partial charge in [-0.05, 0) is 46.4 Å². The second-order valence-corrected chi connectivity index (χ2v) is 5.45. The molecule has 0 unspecified atom stereocenters. The lowest BCUT2D eigenvalue weighted by atomic mass is 10.1. The summed E-state index contributed by atoms with van der Waals surface area (Å²) in [6.45, 7) is 2.01. The maximum Gasteiger partial charge on any atom is 0.264 e. The molecule has 1 aliphatic heterocycles. The second kappa shape index (κ2) is 6.72. The highest BCUT2D eigenvalue weighted by atomic mass is 127.